The molecule has 0 spiro atoms. The maximum atomic E-state index is 12.3. The summed E-state index contributed by atoms with van der Waals surface area (Å²) in [6, 6.07) is 21.6. The lowest BCUT2D eigenvalue weighted by atomic mass is 10.0. The van der Waals surface area contributed by atoms with Crippen LogP contribution in [0.2, 0.25) is 0 Å². The maximum Gasteiger partial charge on any atom is 0.255 e. The second kappa shape index (κ2) is 7.89. The predicted octanol–water partition coefficient (Wildman–Crippen LogP) is 4.77. The number of halogens is 1. The Hall–Kier alpha value is -3.05. The van der Waals surface area contributed by atoms with Crippen LogP contribution in [0.1, 0.15) is 31.1 Å². The van der Waals surface area contributed by atoms with Crippen LogP contribution in [0.3, 0.4) is 0 Å². The number of carbonyl (C=O) groups excluding carboxylic acids is 3. The highest BCUT2D eigenvalue weighted by Crippen LogP contribution is 2.15. The Bertz CT molecular complexity index is 949. The zero-order valence-electron chi connectivity index (χ0n) is 13.6. The summed E-state index contributed by atoms with van der Waals surface area (Å²) in [6.07, 6.45) is 0. The van der Waals surface area contributed by atoms with Crippen molar-refractivity contribution in [2.75, 3.05) is 5.32 Å². The average Bonchev–Trinajstić information content (AvgIpc) is 2.68. The number of hydrogen-bond acceptors (Lipinski definition) is 3. The van der Waals surface area contributed by atoms with Crippen molar-refractivity contribution >= 4 is 39.1 Å². The fraction of sp³-hybridized carbons (Fsp3) is 0. The van der Waals surface area contributed by atoms with Crippen LogP contribution in [-0.4, -0.2) is 17.5 Å². The molecule has 0 saturated heterocycles. The molecule has 0 atom stereocenters. The monoisotopic (exact) mass is 407 g/mol. The van der Waals surface area contributed by atoms with E-state index in [1.807, 2.05) is 0 Å². The van der Waals surface area contributed by atoms with Crippen molar-refractivity contribution in [2.24, 2.45) is 0 Å². The summed E-state index contributed by atoms with van der Waals surface area (Å²) in [4.78, 5) is 36.7. The zero-order chi connectivity index (χ0) is 18.5. The molecule has 0 aliphatic rings. The molecule has 0 aliphatic carbocycles. The third kappa shape index (κ3) is 4.13. The Kier molecular flexibility index (Phi) is 5.39. The molecule has 0 bridgehead atoms. The van der Waals surface area contributed by atoms with Gasteiger partial charge in [0.05, 0.1) is 0 Å². The largest absolute Gasteiger partial charge is 0.322 e. The molecule has 0 fully saturated rings. The standard InChI is InChI=1S/C21H14BrNO3/c22-17-10-6-16(7-11-17)21(26)23-18-12-8-15(9-13-18)20(25)19(24)14-4-2-1-3-5-14/h1-13H,(H,23,26). The lowest BCUT2D eigenvalue weighted by Crippen LogP contribution is -2.15. The first-order valence-corrected chi connectivity index (χ1v) is 8.65. The molecule has 3 aromatic rings. The van der Waals surface area contributed by atoms with E-state index in [4.69, 9.17) is 0 Å². The van der Waals surface area contributed by atoms with Gasteiger partial charge in [-0.2, -0.15) is 0 Å². The topological polar surface area (TPSA) is 63.2 Å². The van der Waals surface area contributed by atoms with Crippen LogP contribution in [0.25, 0.3) is 0 Å². The summed E-state index contributed by atoms with van der Waals surface area (Å²) in [7, 11) is 0. The summed E-state index contributed by atoms with van der Waals surface area (Å²) < 4.78 is 0.889. The SMILES string of the molecule is O=C(Nc1ccc(C(=O)C(=O)c2ccccc2)cc1)c1ccc(Br)cc1. The van der Waals surface area contributed by atoms with E-state index in [-0.39, 0.29) is 11.5 Å². The molecule has 3 aromatic carbocycles. The number of Topliss-reactive ketones (excluding diaryl/α,β-unsaturated/α-hetero) is 2. The van der Waals surface area contributed by atoms with E-state index in [1.165, 1.54) is 12.1 Å². The number of ketones is 2. The Morgan fingerprint density at radius 1 is 0.615 bits per heavy atom. The summed E-state index contributed by atoms with van der Waals surface area (Å²) in [5.41, 5.74) is 1.69. The number of rotatable bonds is 5. The van der Waals surface area contributed by atoms with E-state index in [9.17, 15) is 14.4 Å². The molecule has 1 N–H and O–H groups in total. The highest BCUT2D eigenvalue weighted by molar-refractivity contribution is 9.10. The Labute approximate surface area is 159 Å². The van der Waals surface area contributed by atoms with E-state index in [0.29, 0.717) is 16.8 Å². The fourth-order valence-corrected chi connectivity index (χ4v) is 2.63. The van der Waals surface area contributed by atoms with Gasteiger partial charge in [0.15, 0.2) is 0 Å². The minimum absolute atomic E-state index is 0.253. The molecule has 26 heavy (non-hydrogen) atoms. The fourth-order valence-electron chi connectivity index (χ4n) is 2.36. The van der Waals surface area contributed by atoms with Crippen LogP contribution in [0, 0.1) is 0 Å². The van der Waals surface area contributed by atoms with Crippen LogP contribution in [0.15, 0.2) is 83.3 Å². The first-order chi connectivity index (χ1) is 12.5. The van der Waals surface area contributed by atoms with Crippen molar-refractivity contribution < 1.29 is 14.4 Å². The van der Waals surface area contributed by atoms with Crippen LogP contribution < -0.4 is 5.32 Å². The van der Waals surface area contributed by atoms with E-state index in [0.717, 1.165) is 4.47 Å². The molecule has 1 amide bonds. The highest BCUT2D eigenvalue weighted by atomic mass is 79.9. The van der Waals surface area contributed by atoms with Gasteiger partial charge in [-0.15, -0.1) is 0 Å². The van der Waals surface area contributed by atoms with Crippen LogP contribution in [0.4, 0.5) is 5.69 Å². The summed E-state index contributed by atoms with van der Waals surface area (Å²) in [5, 5.41) is 2.75. The Morgan fingerprint density at radius 2 is 1.12 bits per heavy atom. The van der Waals surface area contributed by atoms with Gasteiger partial charge in [-0.05, 0) is 48.5 Å². The van der Waals surface area contributed by atoms with E-state index in [2.05, 4.69) is 21.2 Å². The number of nitrogens with one attached hydrogen (secondary N) is 1. The smallest absolute Gasteiger partial charge is 0.255 e. The van der Waals surface area contributed by atoms with E-state index < -0.39 is 11.6 Å². The number of amides is 1. The lowest BCUT2D eigenvalue weighted by molar-refractivity contribution is 0.0817. The minimum Gasteiger partial charge on any atom is -0.322 e. The van der Waals surface area contributed by atoms with Crippen molar-refractivity contribution in [1.29, 1.82) is 0 Å². The van der Waals surface area contributed by atoms with Crippen LogP contribution in [-0.2, 0) is 0 Å². The van der Waals surface area contributed by atoms with Gasteiger partial charge >= 0.3 is 0 Å². The van der Waals surface area contributed by atoms with Gasteiger partial charge in [0.2, 0.25) is 11.6 Å². The van der Waals surface area contributed by atoms with Crippen molar-refractivity contribution in [3.63, 3.8) is 0 Å². The average molecular weight is 408 g/mol. The second-order valence-corrected chi connectivity index (χ2v) is 6.48. The van der Waals surface area contributed by atoms with Crippen LogP contribution >= 0.6 is 15.9 Å². The summed E-state index contributed by atoms with van der Waals surface area (Å²) >= 11 is 3.32. The van der Waals surface area contributed by atoms with Crippen molar-refractivity contribution in [1.82, 2.24) is 0 Å². The first-order valence-electron chi connectivity index (χ1n) is 7.85. The van der Waals surface area contributed by atoms with Gasteiger partial charge in [0, 0.05) is 26.9 Å². The third-order valence-electron chi connectivity index (χ3n) is 3.75. The van der Waals surface area contributed by atoms with Crippen molar-refractivity contribution in [3.8, 4) is 0 Å². The lowest BCUT2D eigenvalue weighted by Gasteiger charge is -2.06. The van der Waals surface area contributed by atoms with Gasteiger partial charge in [-0.1, -0.05) is 46.3 Å². The van der Waals surface area contributed by atoms with Crippen molar-refractivity contribution in [3.05, 3.63) is 100 Å². The van der Waals surface area contributed by atoms with Gasteiger partial charge in [0.1, 0.15) is 0 Å². The number of benzene rings is 3. The van der Waals surface area contributed by atoms with Crippen LogP contribution in [0.5, 0.6) is 0 Å². The molecule has 5 heteroatoms. The van der Waals surface area contributed by atoms with Crippen molar-refractivity contribution in [2.45, 2.75) is 0 Å². The number of carbonyl (C=O) groups is 3. The normalized spacial score (nSPS) is 10.2. The summed E-state index contributed by atoms with van der Waals surface area (Å²) in [5.74, 6) is -1.39. The highest BCUT2D eigenvalue weighted by Gasteiger charge is 2.18. The second-order valence-electron chi connectivity index (χ2n) is 5.56. The predicted molar refractivity (Wildman–Crippen MR) is 104 cm³/mol. The quantitative estimate of drug-likeness (QED) is 0.489. The van der Waals surface area contributed by atoms with Gasteiger partial charge in [-0.3, -0.25) is 14.4 Å². The van der Waals surface area contributed by atoms with Gasteiger partial charge in [-0.25, -0.2) is 0 Å². The minimum atomic E-state index is -0.581. The molecule has 0 saturated carbocycles. The van der Waals surface area contributed by atoms with Gasteiger partial charge in [0.25, 0.3) is 5.91 Å². The molecule has 0 aromatic heterocycles. The Balaban J connectivity index is 1.70. The molecule has 0 heterocycles. The molecule has 0 unspecified atom stereocenters. The molecule has 128 valence electrons. The molecular weight excluding hydrogens is 394 g/mol. The van der Waals surface area contributed by atoms with Gasteiger partial charge < -0.3 is 5.32 Å². The molecular formula is C21H14BrNO3. The third-order valence-corrected chi connectivity index (χ3v) is 4.28. The molecule has 3 rings (SSSR count). The molecule has 4 nitrogen and oxygen atoms in total. The molecule has 0 radical (unpaired) electrons. The number of hydrogen-bond donors (Lipinski definition) is 1. The first kappa shape index (κ1) is 17.8. The van der Waals surface area contributed by atoms with E-state index >= 15 is 0 Å². The summed E-state index contributed by atoms with van der Waals surface area (Å²) in [6.45, 7) is 0. The number of anilines is 1. The molecule has 0 aliphatic heterocycles. The zero-order valence-corrected chi connectivity index (χ0v) is 15.2. The Morgan fingerprint density at radius 3 is 1.69 bits per heavy atom. The maximum absolute atomic E-state index is 12.3. The van der Waals surface area contributed by atoms with E-state index in [1.54, 1.807) is 66.7 Å².